The summed E-state index contributed by atoms with van der Waals surface area (Å²) in [4.78, 5) is 3.90. The van der Waals surface area contributed by atoms with E-state index in [-0.39, 0.29) is 12.7 Å². The quantitative estimate of drug-likeness (QED) is 0.855. The molecule has 0 bridgehead atoms. The minimum atomic E-state index is -0.176. The first kappa shape index (κ1) is 10.5. The molecule has 5 heteroatoms. The molecule has 5 nitrogen and oxygen atoms in total. The summed E-state index contributed by atoms with van der Waals surface area (Å²) in [5, 5.41) is 8.80. The Morgan fingerprint density at radius 2 is 2.19 bits per heavy atom. The van der Waals surface area contributed by atoms with Crippen molar-refractivity contribution in [1.29, 1.82) is 0 Å². The lowest BCUT2D eigenvalue weighted by molar-refractivity contribution is 0.276. The van der Waals surface area contributed by atoms with Crippen LogP contribution in [0.25, 0.3) is 0 Å². The van der Waals surface area contributed by atoms with E-state index in [4.69, 9.17) is 19.0 Å². The van der Waals surface area contributed by atoms with Gasteiger partial charge in [0.15, 0.2) is 0 Å². The molecule has 1 heterocycles. The van der Waals surface area contributed by atoms with Gasteiger partial charge >= 0.3 is 6.08 Å². The summed E-state index contributed by atoms with van der Waals surface area (Å²) in [5.74, 6) is 1.25. The summed E-state index contributed by atoms with van der Waals surface area (Å²) >= 11 is 0. The van der Waals surface area contributed by atoms with Crippen molar-refractivity contribution in [1.82, 2.24) is 4.98 Å². The third-order valence-corrected chi connectivity index (χ3v) is 1.94. The van der Waals surface area contributed by atoms with Crippen molar-refractivity contribution in [2.45, 2.75) is 6.61 Å². The number of hydrogen-bond acceptors (Lipinski definition) is 5. The Kier molecular flexibility index (Phi) is 3.07. The number of aliphatic hydroxyl groups is 1. The SMILES string of the molecule is COc1cccc(Oc2nc(CO)co2)c1. The van der Waals surface area contributed by atoms with Gasteiger partial charge in [0, 0.05) is 6.07 Å². The van der Waals surface area contributed by atoms with Gasteiger partial charge in [0.2, 0.25) is 0 Å². The van der Waals surface area contributed by atoms with Gasteiger partial charge in [0.05, 0.1) is 13.7 Å². The second-order valence-corrected chi connectivity index (χ2v) is 3.04. The zero-order chi connectivity index (χ0) is 11.4. The van der Waals surface area contributed by atoms with Gasteiger partial charge < -0.3 is 19.0 Å². The van der Waals surface area contributed by atoms with Crippen molar-refractivity contribution < 1.29 is 19.0 Å². The van der Waals surface area contributed by atoms with Gasteiger partial charge in [-0.1, -0.05) is 6.07 Å². The Bertz CT molecular complexity index is 467. The molecule has 2 rings (SSSR count). The molecular formula is C11H11NO4. The molecule has 0 aliphatic heterocycles. The fourth-order valence-electron chi connectivity index (χ4n) is 1.17. The lowest BCUT2D eigenvalue weighted by Gasteiger charge is -2.02. The van der Waals surface area contributed by atoms with Crippen LogP contribution in [0, 0.1) is 0 Å². The van der Waals surface area contributed by atoms with Crippen molar-refractivity contribution in [2.24, 2.45) is 0 Å². The monoisotopic (exact) mass is 221 g/mol. The zero-order valence-corrected chi connectivity index (χ0v) is 8.71. The van der Waals surface area contributed by atoms with Crippen LogP contribution in [0.15, 0.2) is 34.9 Å². The van der Waals surface area contributed by atoms with E-state index < -0.39 is 0 Å². The van der Waals surface area contributed by atoms with Gasteiger partial charge in [-0.15, -0.1) is 0 Å². The number of nitrogens with zero attached hydrogens (tertiary/aromatic N) is 1. The molecule has 0 spiro atoms. The predicted octanol–water partition coefficient (Wildman–Crippen LogP) is 1.97. The highest BCUT2D eigenvalue weighted by Gasteiger charge is 2.05. The number of oxazole rings is 1. The Morgan fingerprint density at radius 1 is 1.38 bits per heavy atom. The highest BCUT2D eigenvalue weighted by atomic mass is 16.6. The Labute approximate surface area is 92.3 Å². The molecule has 1 aromatic heterocycles. The van der Waals surface area contributed by atoms with Crippen LogP contribution < -0.4 is 9.47 Å². The summed E-state index contributed by atoms with van der Waals surface area (Å²) in [5.41, 5.74) is 0.429. The van der Waals surface area contributed by atoms with Crippen LogP contribution in [0.5, 0.6) is 17.6 Å². The molecule has 0 saturated carbocycles. The maximum absolute atomic E-state index is 8.80. The first-order chi connectivity index (χ1) is 7.81. The third-order valence-electron chi connectivity index (χ3n) is 1.94. The topological polar surface area (TPSA) is 64.7 Å². The second kappa shape index (κ2) is 4.67. The Balaban J connectivity index is 2.13. The molecule has 0 aliphatic rings. The van der Waals surface area contributed by atoms with E-state index in [1.165, 1.54) is 6.26 Å². The summed E-state index contributed by atoms with van der Waals surface area (Å²) < 4.78 is 15.4. The predicted molar refractivity (Wildman–Crippen MR) is 55.5 cm³/mol. The third kappa shape index (κ3) is 2.32. The van der Waals surface area contributed by atoms with Crippen molar-refractivity contribution >= 4 is 0 Å². The van der Waals surface area contributed by atoms with Crippen molar-refractivity contribution in [3.05, 3.63) is 36.2 Å². The second-order valence-electron chi connectivity index (χ2n) is 3.04. The molecule has 84 valence electrons. The normalized spacial score (nSPS) is 10.1. The Morgan fingerprint density at radius 3 is 2.88 bits per heavy atom. The molecule has 1 N–H and O–H groups in total. The number of benzene rings is 1. The molecule has 0 saturated heterocycles. The molecular weight excluding hydrogens is 210 g/mol. The summed E-state index contributed by atoms with van der Waals surface area (Å²) in [6, 6.07) is 7.07. The van der Waals surface area contributed by atoms with E-state index in [9.17, 15) is 0 Å². The average molecular weight is 221 g/mol. The molecule has 16 heavy (non-hydrogen) atoms. The van der Waals surface area contributed by atoms with Crippen molar-refractivity contribution in [3.8, 4) is 17.6 Å². The van der Waals surface area contributed by atoms with Crippen molar-refractivity contribution in [3.63, 3.8) is 0 Å². The number of aliphatic hydroxyl groups excluding tert-OH is 1. The van der Waals surface area contributed by atoms with E-state index >= 15 is 0 Å². The lowest BCUT2D eigenvalue weighted by atomic mass is 10.3. The average Bonchev–Trinajstić information content (AvgIpc) is 2.77. The van der Waals surface area contributed by atoms with Gasteiger partial charge in [-0.05, 0) is 12.1 Å². The largest absolute Gasteiger partial charge is 0.497 e. The number of methoxy groups -OCH3 is 1. The number of aromatic nitrogens is 1. The van der Waals surface area contributed by atoms with E-state index in [2.05, 4.69) is 4.98 Å². The van der Waals surface area contributed by atoms with Crippen LogP contribution in [0.2, 0.25) is 0 Å². The minimum absolute atomic E-state index is 0.0947. The van der Waals surface area contributed by atoms with Crippen LogP contribution in [0.4, 0.5) is 0 Å². The van der Waals surface area contributed by atoms with Crippen LogP contribution in [-0.2, 0) is 6.61 Å². The van der Waals surface area contributed by atoms with Gasteiger partial charge in [-0.3, -0.25) is 0 Å². The maximum Gasteiger partial charge on any atom is 0.399 e. The van der Waals surface area contributed by atoms with Gasteiger partial charge in [0.25, 0.3) is 0 Å². The summed E-state index contributed by atoms with van der Waals surface area (Å²) in [7, 11) is 1.58. The van der Waals surface area contributed by atoms with E-state index in [0.29, 0.717) is 17.2 Å². The standard InChI is InChI=1S/C11H11NO4/c1-14-9-3-2-4-10(5-9)16-11-12-8(6-13)7-15-11/h2-5,7,13H,6H2,1H3. The molecule has 2 aromatic rings. The number of rotatable bonds is 4. The van der Waals surface area contributed by atoms with E-state index in [1.807, 2.05) is 6.07 Å². The first-order valence-electron chi connectivity index (χ1n) is 4.69. The fraction of sp³-hybridized carbons (Fsp3) is 0.182. The minimum Gasteiger partial charge on any atom is -0.497 e. The molecule has 0 atom stereocenters. The molecule has 0 fully saturated rings. The van der Waals surface area contributed by atoms with Gasteiger partial charge in [-0.25, -0.2) is 0 Å². The molecule has 0 radical (unpaired) electrons. The van der Waals surface area contributed by atoms with Gasteiger partial charge in [0.1, 0.15) is 23.5 Å². The highest BCUT2D eigenvalue weighted by Crippen LogP contribution is 2.24. The van der Waals surface area contributed by atoms with Crippen LogP contribution in [-0.4, -0.2) is 17.2 Å². The summed E-state index contributed by atoms with van der Waals surface area (Å²) in [6.07, 6.45) is 1.44. The molecule has 0 amide bonds. The van der Waals surface area contributed by atoms with Crippen molar-refractivity contribution in [2.75, 3.05) is 7.11 Å². The van der Waals surface area contributed by atoms with E-state index in [1.54, 1.807) is 25.3 Å². The van der Waals surface area contributed by atoms with Crippen LogP contribution in [0.1, 0.15) is 5.69 Å². The molecule has 0 aliphatic carbocycles. The van der Waals surface area contributed by atoms with Crippen LogP contribution >= 0.6 is 0 Å². The zero-order valence-electron chi connectivity index (χ0n) is 8.71. The smallest absolute Gasteiger partial charge is 0.399 e. The fourth-order valence-corrected chi connectivity index (χ4v) is 1.17. The summed E-state index contributed by atoms with van der Waals surface area (Å²) in [6.45, 7) is -0.176. The number of hydrogen-bond donors (Lipinski definition) is 1. The lowest BCUT2D eigenvalue weighted by Crippen LogP contribution is -1.87. The first-order valence-corrected chi connectivity index (χ1v) is 4.69. The van der Waals surface area contributed by atoms with E-state index in [0.717, 1.165) is 0 Å². The maximum atomic E-state index is 8.80. The Hall–Kier alpha value is -2.01. The van der Waals surface area contributed by atoms with Gasteiger partial charge in [-0.2, -0.15) is 4.98 Å². The van der Waals surface area contributed by atoms with Crippen LogP contribution in [0.3, 0.4) is 0 Å². The molecule has 1 aromatic carbocycles. The molecule has 0 unspecified atom stereocenters. The number of ether oxygens (including phenoxy) is 2. The highest BCUT2D eigenvalue weighted by molar-refractivity contribution is 5.34.